The highest BCUT2D eigenvalue weighted by atomic mass is 35.5. The van der Waals surface area contributed by atoms with Gasteiger partial charge in [-0.2, -0.15) is 11.8 Å². The molecule has 1 atom stereocenters. The van der Waals surface area contributed by atoms with Gasteiger partial charge in [-0.1, -0.05) is 0 Å². The fourth-order valence-corrected chi connectivity index (χ4v) is 3.04. The van der Waals surface area contributed by atoms with E-state index in [2.05, 4.69) is 11.8 Å². The van der Waals surface area contributed by atoms with Crippen LogP contribution in [0.4, 0.5) is 0 Å². The van der Waals surface area contributed by atoms with E-state index in [1.807, 2.05) is 0 Å². The van der Waals surface area contributed by atoms with Crippen LogP contribution in [0.3, 0.4) is 0 Å². The van der Waals surface area contributed by atoms with Gasteiger partial charge in [0.2, 0.25) is 0 Å². The Balaban J connectivity index is 0.000000500. The second-order valence-corrected chi connectivity index (χ2v) is 4.51. The van der Waals surface area contributed by atoms with Crippen molar-refractivity contribution in [3.63, 3.8) is 0 Å². The zero-order valence-electron chi connectivity index (χ0n) is 6.01. The molecule has 2 fully saturated rings. The van der Waals surface area contributed by atoms with Gasteiger partial charge >= 0.3 is 0 Å². The van der Waals surface area contributed by atoms with Gasteiger partial charge in [0.1, 0.15) is 0 Å². The van der Waals surface area contributed by atoms with Crippen LogP contribution in [0.2, 0.25) is 0 Å². The fourth-order valence-electron chi connectivity index (χ4n) is 1.73. The summed E-state index contributed by atoms with van der Waals surface area (Å²) in [6.07, 6.45) is 4.09. The highest BCUT2D eigenvalue weighted by Gasteiger charge is 2.51. The van der Waals surface area contributed by atoms with Crippen LogP contribution in [0.5, 0.6) is 0 Å². The summed E-state index contributed by atoms with van der Waals surface area (Å²) in [5.41, 5.74) is 6.47. The van der Waals surface area contributed by atoms with Crippen LogP contribution >= 0.6 is 24.2 Å². The first-order chi connectivity index (χ1) is 4.33. The van der Waals surface area contributed by atoms with E-state index in [1.54, 1.807) is 0 Å². The Morgan fingerprint density at radius 3 is 2.10 bits per heavy atom. The molecule has 0 bridgehead atoms. The Labute approximate surface area is 72.5 Å². The van der Waals surface area contributed by atoms with Crippen molar-refractivity contribution in [1.82, 2.24) is 0 Å². The highest BCUT2D eigenvalue weighted by Crippen LogP contribution is 2.53. The molecule has 0 aromatic carbocycles. The maximum atomic E-state index is 5.82. The second-order valence-electron chi connectivity index (χ2n) is 3.29. The normalized spacial score (nSPS) is 35.1. The summed E-state index contributed by atoms with van der Waals surface area (Å²) >= 11 is 2.08. The molecule has 1 heterocycles. The molecule has 1 nitrogen and oxygen atoms in total. The zero-order valence-corrected chi connectivity index (χ0v) is 7.64. The molecule has 1 aliphatic carbocycles. The molecule has 1 spiro atoms. The van der Waals surface area contributed by atoms with E-state index in [0.29, 0.717) is 11.5 Å². The fraction of sp³-hybridized carbons (Fsp3) is 1.00. The van der Waals surface area contributed by atoms with Crippen LogP contribution in [0.15, 0.2) is 0 Å². The van der Waals surface area contributed by atoms with Gasteiger partial charge in [-0.25, -0.2) is 0 Å². The predicted molar refractivity (Wildman–Crippen MR) is 48.8 cm³/mol. The minimum absolute atomic E-state index is 0. The number of hydrogen-bond acceptors (Lipinski definition) is 2. The summed E-state index contributed by atoms with van der Waals surface area (Å²) in [6, 6.07) is 0.568. The van der Waals surface area contributed by atoms with E-state index < -0.39 is 0 Å². The molecule has 2 aliphatic rings. The lowest BCUT2D eigenvalue weighted by molar-refractivity contribution is 0.451. The lowest BCUT2D eigenvalue weighted by atomic mass is 9.99. The highest BCUT2D eigenvalue weighted by molar-refractivity contribution is 7.99. The number of halogens is 1. The standard InChI is InChI=1S/C7H13NS.ClH/c8-6-5-7(6)1-3-9-4-2-7;/h6H,1-5,8H2;1H. The van der Waals surface area contributed by atoms with E-state index >= 15 is 0 Å². The topological polar surface area (TPSA) is 26.0 Å². The van der Waals surface area contributed by atoms with Gasteiger partial charge in [-0.05, 0) is 36.2 Å². The van der Waals surface area contributed by atoms with Crippen LogP contribution in [0.25, 0.3) is 0 Å². The van der Waals surface area contributed by atoms with Crippen molar-refractivity contribution in [2.24, 2.45) is 11.1 Å². The minimum atomic E-state index is 0. The van der Waals surface area contributed by atoms with E-state index in [-0.39, 0.29) is 12.4 Å². The third kappa shape index (κ3) is 1.29. The van der Waals surface area contributed by atoms with Crippen molar-refractivity contribution in [3.8, 4) is 0 Å². The SMILES string of the molecule is Cl.NC1CC12CCSCC2. The van der Waals surface area contributed by atoms with Crippen molar-refractivity contribution in [2.45, 2.75) is 25.3 Å². The molecule has 1 aliphatic heterocycles. The predicted octanol–water partition coefficient (Wildman–Crippen LogP) is 1.65. The monoisotopic (exact) mass is 179 g/mol. The van der Waals surface area contributed by atoms with Crippen LogP contribution in [-0.2, 0) is 0 Å². The smallest absolute Gasteiger partial charge is 0.0103 e. The van der Waals surface area contributed by atoms with Crippen LogP contribution in [0, 0.1) is 5.41 Å². The molecular weight excluding hydrogens is 166 g/mol. The Bertz CT molecular complexity index is 123. The van der Waals surface area contributed by atoms with E-state index in [0.717, 1.165) is 0 Å². The van der Waals surface area contributed by atoms with Gasteiger partial charge in [0, 0.05) is 6.04 Å². The third-order valence-corrected chi connectivity index (χ3v) is 3.73. The van der Waals surface area contributed by atoms with Gasteiger partial charge in [0.25, 0.3) is 0 Å². The molecule has 3 heteroatoms. The molecule has 0 aromatic heterocycles. The first kappa shape index (κ1) is 8.69. The largest absolute Gasteiger partial charge is 0.327 e. The number of nitrogens with two attached hydrogens (primary N) is 1. The first-order valence-electron chi connectivity index (χ1n) is 3.67. The molecule has 0 radical (unpaired) electrons. The Kier molecular flexibility index (Phi) is 2.54. The lowest BCUT2D eigenvalue weighted by Crippen LogP contribution is -2.19. The summed E-state index contributed by atoms with van der Waals surface area (Å²) < 4.78 is 0. The molecule has 2 rings (SSSR count). The Morgan fingerprint density at radius 1 is 1.30 bits per heavy atom. The number of hydrogen-bond donors (Lipinski definition) is 1. The van der Waals surface area contributed by atoms with Crippen molar-refractivity contribution in [1.29, 1.82) is 0 Å². The van der Waals surface area contributed by atoms with Gasteiger partial charge in [0.05, 0.1) is 0 Å². The van der Waals surface area contributed by atoms with Gasteiger partial charge in [-0.15, -0.1) is 12.4 Å². The molecular formula is C7H14ClNS. The average molecular weight is 180 g/mol. The summed E-state index contributed by atoms with van der Waals surface area (Å²) in [4.78, 5) is 0. The molecule has 1 unspecified atom stereocenters. The van der Waals surface area contributed by atoms with Crippen molar-refractivity contribution in [3.05, 3.63) is 0 Å². The van der Waals surface area contributed by atoms with Crippen LogP contribution < -0.4 is 5.73 Å². The van der Waals surface area contributed by atoms with Gasteiger partial charge < -0.3 is 5.73 Å². The molecule has 0 aromatic rings. The Morgan fingerprint density at radius 2 is 1.80 bits per heavy atom. The summed E-state index contributed by atoms with van der Waals surface area (Å²) in [7, 11) is 0. The molecule has 60 valence electrons. The molecule has 1 saturated carbocycles. The summed E-state index contributed by atoms with van der Waals surface area (Å²) in [5, 5.41) is 0. The molecule has 0 amide bonds. The average Bonchev–Trinajstić information content (AvgIpc) is 2.44. The van der Waals surface area contributed by atoms with E-state index in [4.69, 9.17) is 5.73 Å². The van der Waals surface area contributed by atoms with E-state index in [9.17, 15) is 0 Å². The maximum absolute atomic E-state index is 5.82. The van der Waals surface area contributed by atoms with Crippen molar-refractivity contribution < 1.29 is 0 Å². The van der Waals surface area contributed by atoms with E-state index in [1.165, 1.54) is 30.8 Å². The van der Waals surface area contributed by atoms with Crippen LogP contribution in [0.1, 0.15) is 19.3 Å². The molecule has 2 N–H and O–H groups in total. The number of thioether (sulfide) groups is 1. The number of rotatable bonds is 0. The lowest BCUT2D eigenvalue weighted by Gasteiger charge is -2.20. The first-order valence-corrected chi connectivity index (χ1v) is 4.82. The maximum Gasteiger partial charge on any atom is 0.0103 e. The van der Waals surface area contributed by atoms with Gasteiger partial charge in [-0.3, -0.25) is 0 Å². The van der Waals surface area contributed by atoms with Crippen LogP contribution in [-0.4, -0.2) is 17.5 Å². The zero-order chi connectivity index (χ0) is 6.32. The quantitative estimate of drug-likeness (QED) is 0.612. The third-order valence-electron chi connectivity index (χ3n) is 2.74. The van der Waals surface area contributed by atoms with Crippen molar-refractivity contribution in [2.75, 3.05) is 11.5 Å². The summed E-state index contributed by atoms with van der Waals surface area (Å²) in [6.45, 7) is 0. The van der Waals surface area contributed by atoms with Gasteiger partial charge in [0.15, 0.2) is 0 Å². The van der Waals surface area contributed by atoms with Crippen molar-refractivity contribution >= 4 is 24.2 Å². The Hall–Kier alpha value is 0.600. The molecule has 1 saturated heterocycles. The molecule has 10 heavy (non-hydrogen) atoms. The minimum Gasteiger partial charge on any atom is -0.327 e. The summed E-state index contributed by atoms with van der Waals surface area (Å²) in [5.74, 6) is 2.71. The second kappa shape index (κ2) is 2.92.